The van der Waals surface area contributed by atoms with E-state index in [1.165, 1.54) is 0 Å². The second-order valence-corrected chi connectivity index (χ2v) is 5.44. The molecule has 0 heterocycles. The molecular weight excluding hydrogens is 270 g/mol. The standard InChI is InChI=1S/C17H18ClNO/c1-12-7-6-8-13(2)16(12)19-17(20)15(18)11-14-9-4-3-5-10-14/h3-10,15H,11H2,1-2H3,(H,19,20). The van der Waals surface area contributed by atoms with Crippen LogP contribution in [-0.4, -0.2) is 11.3 Å². The summed E-state index contributed by atoms with van der Waals surface area (Å²) in [7, 11) is 0. The second-order valence-electron chi connectivity index (χ2n) is 4.91. The maximum atomic E-state index is 12.2. The SMILES string of the molecule is Cc1cccc(C)c1NC(=O)C(Cl)Cc1ccccc1. The van der Waals surface area contributed by atoms with Gasteiger partial charge in [-0.2, -0.15) is 0 Å². The Kier molecular flexibility index (Phi) is 4.80. The summed E-state index contributed by atoms with van der Waals surface area (Å²) in [5, 5.41) is 2.35. The van der Waals surface area contributed by atoms with Gasteiger partial charge in [-0.25, -0.2) is 0 Å². The third kappa shape index (κ3) is 3.61. The Labute approximate surface area is 124 Å². The minimum Gasteiger partial charge on any atom is -0.324 e. The third-order valence-corrected chi connectivity index (χ3v) is 3.62. The Hall–Kier alpha value is -1.80. The molecule has 0 saturated carbocycles. The van der Waals surface area contributed by atoms with Crippen LogP contribution in [0.2, 0.25) is 0 Å². The Morgan fingerprint density at radius 1 is 1.05 bits per heavy atom. The lowest BCUT2D eigenvalue weighted by Gasteiger charge is -2.14. The topological polar surface area (TPSA) is 29.1 Å². The van der Waals surface area contributed by atoms with Crippen molar-refractivity contribution in [3.05, 3.63) is 65.2 Å². The van der Waals surface area contributed by atoms with E-state index in [9.17, 15) is 4.79 Å². The number of carbonyl (C=O) groups excluding carboxylic acids is 1. The number of benzene rings is 2. The van der Waals surface area contributed by atoms with Gasteiger partial charge in [0.25, 0.3) is 0 Å². The fraction of sp³-hybridized carbons (Fsp3) is 0.235. The first-order valence-corrected chi connectivity index (χ1v) is 7.06. The van der Waals surface area contributed by atoms with Crippen LogP contribution in [0.1, 0.15) is 16.7 Å². The summed E-state index contributed by atoms with van der Waals surface area (Å²) in [5.41, 5.74) is 4.00. The van der Waals surface area contributed by atoms with Gasteiger partial charge in [0.1, 0.15) is 5.38 Å². The number of para-hydroxylation sites is 1. The van der Waals surface area contributed by atoms with Crippen LogP contribution in [0, 0.1) is 13.8 Å². The number of rotatable bonds is 4. The van der Waals surface area contributed by atoms with E-state index in [0.29, 0.717) is 6.42 Å². The highest BCUT2D eigenvalue weighted by molar-refractivity contribution is 6.32. The molecule has 104 valence electrons. The molecule has 1 N–H and O–H groups in total. The number of nitrogens with one attached hydrogen (secondary N) is 1. The average molecular weight is 288 g/mol. The number of hydrogen-bond donors (Lipinski definition) is 1. The lowest BCUT2D eigenvalue weighted by atomic mass is 10.1. The van der Waals surface area contributed by atoms with Crippen molar-refractivity contribution in [3.8, 4) is 0 Å². The Morgan fingerprint density at radius 3 is 2.25 bits per heavy atom. The van der Waals surface area contributed by atoms with Crippen LogP contribution < -0.4 is 5.32 Å². The summed E-state index contributed by atoms with van der Waals surface area (Å²) in [6, 6.07) is 15.7. The van der Waals surface area contributed by atoms with Gasteiger partial charge < -0.3 is 5.32 Å². The monoisotopic (exact) mass is 287 g/mol. The molecule has 0 aliphatic rings. The zero-order chi connectivity index (χ0) is 14.5. The molecule has 3 heteroatoms. The number of aryl methyl sites for hydroxylation is 2. The number of alkyl halides is 1. The van der Waals surface area contributed by atoms with E-state index in [4.69, 9.17) is 11.6 Å². The largest absolute Gasteiger partial charge is 0.324 e. The van der Waals surface area contributed by atoms with E-state index in [2.05, 4.69) is 5.32 Å². The molecule has 20 heavy (non-hydrogen) atoms. The molecule has 1 atom stereocenters. The van der Waals surface area contributed by atoms with Crippen molar-refractivity contribution >= 4 is 23.2 Å². The summed E-state index contributed by atoms with van der Waals surface area (Å²) >= 11 is 6.21. The molecule has 2 aromatic carbocycles. The molecule has 2 rings (SSSR count). The summed E-state index contributed by atoms with van der Waals surface area (Å²) < 4.78 is 0. The van der Waals surface area contributed by atoms with Crippen molar-refractivity contribution < 1.29 is 4.79 Å². The molecule has 0 aromatic heterocycles. The molecule has 0 aliphatic heterocycles. The minimum atomic E-state index is -0.573. The van der Waals surface area contributed by atoms with Gasteiger partial charge in [0.15, 0.2) is 0 Å². The first-order valence-electron chi connectivity index (χ1n) is 6.63. The summed E-state index contributed by atoms with van der Waals surface area (Å²) in [6.45, 7) is 3.95. The van der Waals surface area contributed by atoms with Crippen molar-refractivity contribution in [1.82, 2.24) is 0 Å². The molecule has 0 radical (unpaired) electrons. The molecule has 0 spiro atoms. The lowest BCUT2D eigenvalue weighted by molar-refractivity contribution is -0.115. The van der Waals surface area contributed by atoms with E-state index in [1.54, 1.807) is 0 Å². The molecule has 0 bridgehead atoms. The predicted molar refractivity (Wildman–Crippen MR) is 84.3 cm³/mol. The maximum Gasteiger partial charge on any atom is 0.242 e. The smallest absolute Gasteiger partial charge is 0.242 e. The summed E-state index contributed by atoms with van der Waals surface area (Å²) in [6.07, 6.45) is 0.527. The maximum absolute atomic E-state index is 12.2. The van der Waals surface area contributed by atoms with Gasteiger partial charge >= 0.3 is 0 Å². The van der Waals surface area contributed by atoms with Crippen molar-refractivity contribution in [1.29, 1.82) is 0 Å². The Balaban J connectivity index is 2.05. The number of halogens is 1. The normalized spacial score (nSPS) is 11.9. The van der Waals surface area contributed by atoms with Crippen LogP contribution >= 0.6 is 11.6 Å². The highest BCUT2D eigenvalue weighted by Crippen LogP contribution is 2.20. The number of amides is 1. The third-order valence-electron chi connectivity index (χ3n) is 3.27. The molecule has 1 unspecified atom stereocenters. The van der Waals surface area contributed by atoms with E-state index in [1.807, 2.05) is 62.4 Å². The molecule has 1 amide bonds. The van der Waals surface area contributed by atoms with E-state index < -0.39 is 5.38 Å². The quantitative estimate of drug-likeness (QED) is 0.843. The van der Waals surface area contributed by atoms with Gasteiger partial charge in [-0.1, -0.05) is 48.5 Å². The van der Waals surface area contributed by atoms with Gasteiger partial charge in [0.2, 0.25) is 5.91 Å². The minimum absolute atomic E-state index is 0.159. The second kappa shape index (κ2) is 6.58. The van der Waals surface area contributed by atoms with Crippen molar-refractivity contribution in [2.24, 2.45) is 0 Å². The first-order chi connectivity index (χ1) is 9.58. The van der Waals surface area contributed by atoms with E-state index in [-0.39, 0.29) is 5.91 Å². The highest BCUT2D eigenvalue weighted by atomic mass is 35.5. The molecular formula is C17H18ClNO. The van der Waals surface area contributed by atoms with Crippen molar-refractivity contribution in [3.63, 3.8) is 0 Å². The first kappa shape index (κ1) is 14.6. The van der Waals surface area contributed by atoms with Gasteiger partial charge in [-0.15, -0.1) is 11.6 Å². The van der Waals surface area contributed by atoms with Crippen molar-refractivity contribution in [2.45, 2.75) is 25.6 Å². The number of hydrogen-bond acceptors (Lipinski definition) is 1. The molecule has 0 saturated heterocycles. The van der Waals surface area contributed by atoms with Crippen LogP contribution in [0.15, 0.2) is 48.5 Å². The Bertz CT molecular complexity index is 575. The van der Waals surface area contributed by atoms with Crippen LogP contribution in [0.4, 0.5) is 5.69 Å². The predicted octanol–water partition coefficient (Wildman–Crippen LogP) is 4.09. The molecule has 2 aromatic rings. The zero-order valence-electron chi connectivity index (χ0n) is 11.7. The van der Waals surface area contributed by atoms with Crippen LogP contribution in [0.3, 0.4) is 0 Å². The van der Waals surface area contributed by atoms with Gasteiger partial charge in [-0.3, -0.25) is 4.79 Å². The van der Waals surface area contributed by atoms with E-state index in [0.717, 1.165) is 22.4 Å². The molecule has 2 nitrogen and oxygen atoms in total. The lowest BCUT2D eigenvalue weighted by Crippen LogP contribution is -2.25. The zero-order valence-corrected chi connectivity index (χ0v) is 12.4. The van der Waals surface area contributed by atoms with E-state index >= 15 is 0 Å². The number of carbonyl (C=O) groups is 1. The molecule has 0 fully saturated rings. The van der Waals surface area contributed by atoms with Crippen LogP contribution in [0.25, 0.3) is 0 Å². The summed E-state index contributed by atoms with van der Waals surface area (Å²) in [5.74, 6) is -0.159. The Morgan fingerprint density at radius 2 is 1.65 bits per heavy atom. The van der Waals surface area contributed by atoms with Gasteiger partial charge in [0.05, 0.1) is 0 Å². The highest BCUT2D eigenvalue weighted by Gasteiger charge is 2.17. The number of anilines is 1. The van der Waals surface area contributed by atoms with Crippen molar-refractivity contribution in [2.75, 3.05) is 5.32 Å². The van der Waals surface area contributed by atoms with Gasteiger partial charge in [-0.05, 0) is 37.0 Å². The summed E-state index contributed by atoms with van der Waals surface area (Å²) in [4.78, 5) is 12.2. The average Bonchev–Trinajstić information content (AvgIpc) is 2.44. The van der Waals surface area contributed by atoms with Crippen LogP contribution in [0.5, 0.6) is 0 Å². The fourth-order valence-corrected chi connectivity index (χ4v) is 2.36. The van der Waals surface area contributed by atoms with Gasteiger partial charge in [0, 0.05) is 5.69 Å². The molecule has 0 aliphatic carbocycles. The van der Waals surface area contributed by atoms with Crippen LogP contribution in [-0.2, 0) is 11.2 Å². The fourth-order valence-electron chi connectivity index (χ4n) is 2.13.